The van der Waals surface area contributed by atoms with Crippen LogP contribution in [0.15, 0.2) is 0 Å². The third-order valence-corrected chi connectivity index (χ3v) is 8.24. The number of hydrogen-bond donors (Lipinski definition) is 1. The van der Waals surface area contributed by atoms with Crippen LogP contribution in [0, 0.1) is 0 Å². The van der Waals surface area contributed by atoms with Crippen LogP contribution in [0.5, 0.6) is 0 Å². The predicted molar refractivity (Wildman–Crippen MR) is 157 cm³/mol. The van der Waals surface area contributed by atoms with Gasteiger partial charge in [-0.15, -0.1) is 0 Å². The van der Waals surface area contributed by atoms with Crippen LogP contribution in [0.1, 0.15) is 162 Å². The van der Waals surface area contributed by atoms with Crippen molar-refractivity contribution in [2.75, 3.05) is 26.4 Å². The summed E-state index contributed by atoms with van der Waals surface area (Å²) < 4.78 is 32.6. The Morgan fingerprint density at radius 1 is 0.474 bits per heavy atom. The monoisotopic (exact) mass is 566 g/mol. The highest BCUT2D eigenvalue weighted by atomic mass is 32.2. The molecular formula is C30H62O7S. The first-order chi connectivity index (χ1) is 18.5. The van der Waals surface area contributed by atoms with E-state index in [1.54, 1.807) is 0 Å². The summed E-state index contributed by atoms with van der Waals surface area (Å²) in [5, 5.41) is -1.09. The van der Waals surface area contributed by atoms with Crippen LogP contribution in [0.25, 0.3) is 0 Å². The summed E-state index contributed by atoms with van der Waals surface area (Å²) in [6.07, 6.45) is 27.8. The average molecular weight is 567 g/mol. The molecule has 0 amide bonds. The van der Waals surface area contributed by atoms with Gasteiger partial charge in [-0.05, 0) is 19.3 Å². The van der Waals surface area contributed by atoms with Crippen LogP contribution in [0.3, 0.4) is 0 Å². The number of unbranched alkanes of at least 4 members (excludes halogenated alkanes) is 20. The molecule has 0 heterocycles. The average Bonchev–Trinajstić information content (AvgIpc) is 2.89. The zero-order valence-electron chi connectivity index (χ0n) is 25.0. The lowest BCUT2D eigenvalue weighted by molar-refractivity contribution is -0.303. The highest BCUT2D eigenvalue weighted by Crippen LogP contribution is 2.13. The van der Waals surface area contributed by atoms with Gasteiger partial charge in [0.15, 0.2) is 0 Å². The Balaban J connectivity index is 3.53. The first-order valence-electron chi connectivity index (χ1n) is 16.0. The maximum atomic E-state index is 11.6. The molecule has 0 aromatic carbocycles. The van der Waals surface area contributed by atoms with Gasteiger partial charge >= 0.3 is 0 Å². The van der Waals surface area contributed by atoms with Crippen LogP contribution in [-0.2, 0) is 29.7 Å². The lowest BCUT2D eigenvalue weighted by atomic mass is 10.1. The minimum absolute atomic E-state index is 0.0739. The van der Waals surface area contributed by atoms with Gasteiger partial charge in [0, 0.05) is 0 Å². The third kappa shape index (κ3) is 28.8. The summed E-state index contributed by atoms with van der Waals surface area (Å²) in [5.41, 5.74) is 0. The fraction of sp³-hybridized carbons (Fsp3) is 1.00. The lowest BCUT2D eigenvalue weighted by Crippen LogP contribution is -2.28. The fourth-order valence-corrected chi connectivity index (χ4v) is 5.07. The van der Waals surface area contributed by atoms with Gasteiger partial charge in [-0.25, -0.2) is 19.6 Å². The summed E-state index contributed by atoms with van der Waals surface area (Å²) >= 11 is 0. The molecule has 0 aromatic rings. The maximum Gasteiger partial charge on any atom is 0.270 e. The van der Waals surface area contributed by atoms with E-state index < -0.39 is 15.4 Å². The van der Waals surface area contributed by atoms with E-state index in [-0.39, 0.29) is 19.6 Å². The molecule has 38 heavy (non-hydrogen) atoms. The van der Waals surface area contributed by atoms with Crippen molar-refractivity contribution < 1.29 is 32.5 Å². The van der Waals surface area contributed by atoms with Gasteiger partial charge in [-0.2, -0.15) is 8.42 Å². The van der Waals surface area contributed by atoms with Gasteiger partial charge in [0.25, 0.3) is 10.1 Å². The van der Waals surface area contributed by atoms with Crippen molar-refractivity contribution in [1.29, 1.82) is 0 Å². The standard InChI is InChI=1S/C30H62O7S/c1-3-5-7-9-11-13-15-17-19-21-23-26-34-36-28-25-30(38(31,32)33)29-37-35-27-24-22-20-18-16-14-12-10-8-6-4-2/h30H,3-29H2,1-2H3,(H,31,32,33). The molecule has 0 saturated carbocycles. The van der Waals surface area contributed by atoms with E-state index >= 15 is 0 Å². The van der Waals surface area contributed by atoms with Crippen molar-refractivity contribution in [1.82, 2.24) is 0 Å². The van der Waals surface area contributed by atoms with Crippen LogP contribution >= 0.6 is 0 Å². The molecule has 0 aliphatic carbocycles. The summed E-state index contributed by atoms with van der Waals surface area (Å²) in [5.74, 6) is 0. The second-order valence-corrected chi connectivity index (χ2v) is 12.4. The lowest BCUT2D eigenvalue weighted by Gasteiger charge is -2.13. The molecule has 230 valence electrons. The Hall–Kier alpha value is -0.250. The largest absolute Gasteiger partial charge is 0.285 e. The molecule has 7 nitrogen and oxygen atoms in total. The summed E-state index contributed by atoms with van der Waals surface area (Å²) in [7, 11) is -4.24. The maximum absolute atomic E-state index is 11.6. The van der Waals surface area contributed by atoms with E-state index in [0.717, 1.165) is 25.7 Å². The van der Waals surface area contributed by atoms with Gasteiger partial charge in [0.2, 0.25) is 0 Å². The van der Waals surface area contributed by atoms with E-state index in [1.165, 1.54) is 116 Å². The van der Waals surface area contributed by atoms with E-state index in [2.05, 4.69) is 13.8 Å². The second kappa shape index (κ2) is 29.7. The minimum atomic E-state index is -4.24. The predicted octanol–water partition coefficient (Wildman–Crippen LogP) is 9.15. The van der Waals surface area contributed by atoms with Crippen molar-refractivity contribution >= 4 is 10.1 Å². The topological polar surface area (TPSA) is 91.3 Å². The third-order valence-electron chi connectivity index (χ3n) is 7.03. The van der Waals surface area contributed by atoms with Gasteiger partial charge in [-0.1, -0.05) is 142 Å². The summed E-state index contributed by atoms with van der Waals surface area (Å²) in [6, 6.07) is 0. The van der Waals surface area contributed by atoms with Crippen LogP contribution in [0.4, 0.5) is 0 Å². The molecule has 1 atom stereocenters. The summed E-state index contributed by atoms with van der Waals surface area (Å²) in [4.78, 5) is 20.4. The van der Waals surface area contributed by atoms with Gasteiger partial charge in [0.1, 0.15) is 11.9 Å². The van der Waals surface area contributed by atoms with Gasteiger partial charge < -0.3 is 0 Å². The molecule has 0 aliphatic heterocycles. The second-order valence-electron chi connectivity index (χ2n) is 10.7. The molecule has 0 radical (unpaired) electrons. The van der Waals surface area contributed by atoms with Crippen LogP contribution in [0.2, 0.25) is 0 Å². The van der Waals surface area contributed by atoms with Crippen molar-refractivity contribution in [3.63, 3.8) is 0 Å². The molecule has 0 fully saturated rings. The Morgan fingerprint density at radius 2 is 0.789 bits per heavy atom. The summed E-state index contributed by atoms with van der Waals surface area (Å²) in [6.45, 7) is 5.26. The minimum Gasteiger partial charge on any atom is -0.285 e. The van der Waals surface area contributed by atoms with E-state index in [0.29, 0.717) is 13.2 Å². The molecule has 1 N–H and O–H groups in total. The fourth-order valence-electron chi connectivity index (χ4n) is 4.45. The number of hydrogen-bond acceptors (Lipinski definition) is 6. The molecule has 0 saturated heterocycles. The number of rotatable bonds is 32. The Bertz CT molecular complexity index is 557. The highest BCUT2D eigenvalue weighted by Gasteiger charge is 2.24. The van der Waals surface area contributed by atoms with Gasteiger partial charge in [-0.3, -0.25) is 4.55 Å². The Labute approximate surface area is 235 Å². The molecule has 8 heteroatoms. The zero-order valence-corrected chi connectivity index (χ0v) is 25.8. The van der Waals surface area contributed by atoms with E-state index in [1.807, 2.05) is 0 Å². The van der Waals surface area contributed by atoms with Crippen LogP contribution in [-0.4, -0.2) is 44.6 Å². The van der Waals surface area contributed by atoms with Crippen molar-refractivity contribution in [2.24, 2.45) is 0 Å². The van der Waals surface area contributed by atoms with Crippen molar-refractivity contribution in [3.8, 4) is 0 Å². The van der Waals surface area contributed by atoms with Crippen molar-refractivity contribution in [3.05, 3.63) is 0 Å². The normalized spacial score (nSPS) is 12.8. The molecule has 0 aliphatic rings. The van der Waals surface area contributed by atoms with Crippen LogP contribution < -0.4 is 0 Å². The van der Waals surface area contributed by atoms with E-state index in [9.17, 15) is 13.0 Å². The Morgan fingerprint density at radius 3 is 1.16 bits per heavy atom. The quantitative estimate of drug-likeness (QED) is 0.0375. The first kappa shape index (κ1) is 37.8. The first-order valence-corrected chi connectivity index (χ1v) is 17.5. The zero-order chi connectivity index (χ0) is 28.0. The van der Waals surface area contributed by atoms with E-state index in [4.69, 9.17) is 19.6 Å². The Kier molecular flexibility index (Phi) is 29.5. The molecule has 0 spiro atoms. The molecular weight excluding hydrogens is 504 g/mol. The highest BCUT2D eigenvalue weighted by molar-refractivity contribution is 7.86. The van der Waals surface area contributed by atoms with Gasteiger partial charge in [0.05, 0.1) is 19.8 Å². The molecule has 1 unspecified atom stereocenters. The van der Waals surface area contributed by atoms with Crippen molar-refractivity contribution in [2.45, 2.75) is 167 Å². The molecule has 0 aromatic heterocycles. The smallest absolute Gasteiger partial charge is 0.270 e. The molecule has 0 rings (SSSR count). The molecule has 0 bridgehead atoms. The SMILES string of the molecule is CCCCCCCCCCCCCOOCCC(COOCCCCCCCCCCCCC)S(=O)(=O)O.